The van der Waals surface area contributed by atoms with Crippen LogP contribution in [-0.2, 0) is 0 Å². The maximum absolute atomic E-state index is 12.6. The first-order valence-electron chi connectivity index (χ1n) is 3.92. The van der Waals surface area contributed by atoms with Crippen LogP contribution in [0.1, 0.15) is 33.6 Å². The van der Waals surface area contributed by atoms with Crippen molar-refractivity contribution < 1.29 is 4.39 Å². The molecule has 0 aromatic rings. The van der Waals surface area contributed by atoms with Crippen LogP contribution >= 0.6 is 0 Å². The van der Waals surface area contributed by atoms with Crippen molar-refractivity contribution in [1.29, 1.82) is 0 Å². The van der Waals surface area contributed by atoms with E-state index in [1.165, 1.54) is 0 Å². The van der Waals surface area contributed by atoms with Gasteiger partial charge in [-0.15, -0.1) is 0 Å². The van der Waals surface area contributed by atoms with Crippen molar-refractivity contribution in [2.45, 2.75) is 33.6 Å². The van der Waals surface area contributed by atoms with Crippen LogP contribution in [0, 0.1) is 11.3 Å². The first kappa shape index (κ1) is 7.77. The van der Waals surface area contributed by atoms with E-state index >= 15 is 0 Å². The Morgan fingerprint density at radius 1 is 1.70 bits per heavy atom. The van der Waals surface area contributed by atoms with Gasteiger partial charge in [-0.1, -0.05) is 20.8 Å². The van der Waals surface area contributed by atoms with Gasteiger partial charge in [0.05, 0.1) is 5.83 Å². The van der Waals surface area contributed by atoms with Crippen LogP contribution in [0.15, 0.2) is 11.9 Å². The summed E-state index contributed by atoms with van der Waals surface area (Å²) in [5.41, 5.74) is 0.381. The lowest BCUT2D eigenvalue weighted by Gasteiger charge is -1.96. The topological polar surface area (TPSA) is 0 Å². The number of allylic oxidation sites excluding steroid dienone is 2. The fourth-order valence-electron chi connectivity index (χ4n) is 1.13. The summed E-state index contributed by atoms with van der Waals surface area (Å²) < 4.78 is 12.6. The Labute approximate surface area is 62.1 Å². The molecule has 0 aliphatic heterocycles. The van der Waals surface area contributed by atoms with Crippen LogP contribution in [0.4, 0.5) is 4.39 Å². The van der Waals surface area contributed by atoms with E-state index in [2.05, 4.69) is 13.8 Å². The molecule has 1 fully saturated rings. The van der Waals surface area contributed by atoms with Crippen LogP contribution in [0.25, 0.3) is 0 Å². The van der Waals surface area contributed by atoms with Crippen molar-refractivity contribution in [2.75, 3.05) is 0 Å². The number of halogens is 1. The molecule has 0 N–H and O–H groups in total. The third kappa shape index (κ3) is 1.59. The van der Waals surface area contributed by atoms with Crippen LogP contribution in [0.2, 0.25) is 0 Å². The molecule has 1 rings (SSSR count). The molecule has 0 aromatic carbocycles. The maximum atomic E-state index is 12.6. The predicted molar refractivity (Wildman–Crippen MR) is 41.4 cm³/mol. The highest BCUT2D eigenvalue weighted by Crippen LogP contribution is 2.52. The summed E-state index contributed by atoms with van der Waals surface area (Å²) in [6.45, 7) is 6.20. The van der Waals surface area contributed by atoms with Gasteiger partial charge in [0.1, 0.15) is 0 Å². The Morgan fingerprint density at radius 3 is 2.50 bits per heavy atom. The van der Waals surface area contributed by atoms with Crippen molar-refractivity contribution in [1.82, 2.24) is 0 Å². The Morgan fingerprint density at radius 2 is 2.20 bits per heavy atom. The number of hydrogen-bond acceptors (Lipinski definition) is 0. The van der Waals surface area contributed by atoms with Crippen LogP contribution < -0.4 is 0 Å². The van der Waals surface area contributed by atoms with E-state index in [4.69, 9.17) is 0 Å². The van der Waals surface area contributed by atoms with Gasteiger partial charge in [0.15, 0.2) is 0 Å². The first-order chi connectivity index (χ1) is 4.56. The zero-order valence-corrected chi connectivity index (χ0v) is 6.95. The molecule has 58 valence electrons. The third-order valence-electron chi connectivity index (χ3n) is 2.31. The van der Waals surface area contributed by atoms with E-state index in [-0.39, 0.29) is 5.83 Å². The molecule has 1 atom stereocenters. The van der Waals surface area contributed by atoms with Crippen LogP contribution in [-0.4, -0.2) is 0 Å². The summed E-state index contributed by atoms with van der Waals surface area (Å²) in [4.78, 5) is 0. The molecule has 0 aromatic heterocycles. The Balaban J connectivity index is 2.42. The molecule has 0 amide bonds. The van der Waals surface area contributed by atoms with Gasteiger partial charge in [-0.25, -0.2) is 4.39 Å². The van der Waals surface area contributed by atoms with E-state index in [9.17, 15) is 4.39 Å². The molecule has 1 heteroatoms. The predicted octanol–water partition coefficient (Wildman–Crippen LogP) is 3.30. The highest BCUT2D eigenvalue weighted by atomic mass is 19.1. The molecule has 0 radical (unpaired) electrons. The third-order valence-corrected chi connectivity index (χ3v) is 2.31. The maximum Gasteiger partial charge on any atom is 0.0960 e. The van der Waals surface area contributed by atoms with E-state index in [1.807, 2.05) is 6.92 Å². The minimum Gasteiger partial charge on any atom is -0.212 e. The fourth-order valence-corrected chi connectivity index (χ4v) is 1.13. The standard InChI is InChI=1S/C9H15F/c1-4-8(10)5-7-6-9(7,2)3/h5,7H,4,6H2,1-3H3. The summed E-state index contributed by atoms with van der Waals surface area (Å²) in [6, 6.07) is 0. The molecule has 0 nitrogen and oxygen atoms in total. The Kier molecular flexibility index (Phi) is 1.84. The second-order valence-corrected chi connectivity index (χ2v) is 3.77. The average molecular weight is 142 g/mol. The van der Waals surface area contributed by atoms with E-state index in [0.29, 0.717) is 17.8 Å². The summed E-state index contributed by atoms with van der Waals surface area (Å²) in [5, 5.41) is 0. The van der Waals surface area contributed by atoms with Crippen molar-refractivity contribution in [3.05, 3.63) is 11.9 Å². The minimum atomic E-state index is 0.0515. The van der Waals surface area contributed by atoms with Gasteiger partial charge in [-0.3, -0.25) is 0 Å². The molecule has 10 heavy (non-hydrogen) atoms. The molecule has 0 bridgehead atoms. The SMILES string of the molecule is CCC(F)=CC1CC1(C)C. The fraction of sp³-hybridized carbons (Fsp3) is 0.778. The molecule has 0 spiro atoms. The second kappa shape index (κ2) is 2.37. The number of hydrogen-bond donors (Lipinski definition) is 0. The van der Waals surface area contributed by atoms with Gasteiger partial charge in [0.25, 0.3) is 0 Å². The molecular formula is C9H15F. The van der Waals surface area contributed by atoms with Gasteiger partial charge >= 0.3 is 0 Å². The van der Waals surface area contributed by atoms with Crippen molar-refractivity contribution in [3.8, 4) is 0 Å². The zero-order valence-electron chi connectivity index (χ0n) is 6.95. The highest BCUT2D eigenvalue weighted by molar-refractivity contribution is 5.10. The molecule has 0 heterocycles. The summed E-state index contributed by atoms with van der Waals surface area (Å²) in [5.74, 6) is 0.558. The second-order valence-electron chi connectivity index (χ2n) is 3.77. The van der Waals surface area contributed by atoms with E-state index in [1.54, 1.807) is 6.08 Å². The number of rotatable bonds is 2. The zero-order chi connectivity index (χ0) is 7.78. The lowest BCUT2D eigenvalue weighted by atomic mass is 10.1. The summed E-state index contributed by atoms with van der Waals surface area (Å²) in [6.07, 6.45) is 3.48. The smallest absolute Gasteiger partial charge is 0.0960 e. The molecule has 1 aliphatic rings. The molecule has 0 saturated heterocycles. The van der Waals surface area contributed by atoms with Gasteiger partial charge in [0.2, 0.25) is 0 Å². The summed E-state index contributed by atoms with van der Waals surface area (Å²) >= 11 is 0. The van der Waals surface area contributed by atoms with Crippen molar-refractivity contribution in [3.63, 3.8) is 0 Å². The minimum absolute atomic E-state index is 0.0515. The Bertz CT molecular complexity index is 156. The van der Waals surface area contributed by atoms with Crippen molar-refractivity contribution in [2.24, 2.45) is 11.3 Å². The van der Waals surface area contributed by atoms with Gasteiger partial charge in [0, 0.05) is 0 Å². The average Bonchev–Trinajstić information content (AvgIpc) is 2.40. The molecule has 1 saturated carbocycles. The summed E-state index contributed by atoms with van der Waals surface area (Å²) in [7, 11) is 0. The highest BCUT2D eigenvalue weighted by Gasteiger charge is 2.43. The lowest BCUT2D eigenvalue weighted by Crippen LogP contribution is -1.86. The molecule has 1 unspecified atom stereocenters. The quantitative estimate of drug-likeness (QED) is 0.555. The van der Waals surface area contributed by atoms with Gasteiger partial charge in [-0.2, -0.15) is 0 Å². The molecular weight excluding hydrogens is 127 g/mol. The van der Waals surface area contributed by atoms with Gasteiger partial charge < -0.3 is 0 Å². The Hall–Kier alpha value is -0.330. The monoisotopic (exact) mass is 142 g/mol. The van der Waals surface area contributed by atoms with E-state index < -0.39 is 0 Å². The normalized spacial score (nSPS) is 30.4. The first-order valence-corrected chi connectivity index (χ1v) is 3.92. The van der Waals surface area contributed by atoms with Crippen molar-refractivity contribution >= 4 is 0 Å². The molecule has 1 aliphatic carbocycles. The van der Waals surface area contributed by atoms with E-state index in [0.717, 1.165) is 6.42 Å². The lowest BCUT2D eigenvalue weighted by molar-refractivity contribution is 0.569. The van der Waals surface area contributed by atoms with Crippen LogP contribution in [0.5, 0.6) is 0 Å². The van der Waals surface area contributed by atoms with Crippen LogP contribution in [0.3, 0.4) is 0 Å². The van der Waals surface area contributed by atoms with Gasteiger partial charge in [-0.05, 0) is 30.3 Å². The largest absolute Gasteiger partial charge is 0.212 e.